The highest BCUT2D eigenvalue weighted by molar-refractivity contribution is 9.10. The zero-order valence-corrected chi connectivity index (χ0v) is 12.4. The number of benzene rings is 1. The Bertz CT molecular complexity index is 447. The molecule has 98 valence electrons. The van der Waals surface area contributed by atoms with E-state index in [-0.39, 0.29) is 11.9 Å². The number of rotatable bonds is 2. The van der Waals surface area contributed by atoms with Gasteiger partial charge in [0.25, 0.3) is 0 Å². The molecule has 0 aliphatic carbocycles. The van der Waals surface area contributed by atoms with Crippen LogP contribution < -0.4 is 10.6 Å². The molecule has 1 heterocycles. The zero-order valence-electron chi connectivity index (χ0n) is 10.8. The lowest BCUT2D eigenvalue weighted by Crippen LogP contribution is -2.45. The third-order valence-electron chi connectivity index (χ3n) is 3.51. The fraction of sp³-hybridized carbons (Fsp3) is 0.500. The maximum absolute atomic E-state index is 12.2. The van der Waals surface area contributed by atoms with E-state index in [9.17, 15) is 4.79 Å². The summed E-state index contributed by atoms with van der Waals surface area (Å²) in [5, 5.41) is 6.29. The van der Waals surface area contributed by atoms with E-state index in [0.29, 0.717) is 5.92 Å². The molecule has 1 amide bonds. The van der Waals surface area contributed by atoms with Crippen molar-refractivity contribution in [2.24, 2.45) is 5.92 Å². The van der Waals surface area contributed by atoms with E-state index < -0.39 is 0 Å². The molecule has 3 nitrogen and oxygen atoms in total. The summed E-state index contributed by atoms with van der Waals surface area (Å²) >= 11 is 3.47. The summed E-state index contributed by atoms with van der Waals surface area (Å²) in [5.74, 6) is 0.688. The molecule has 0 spiro atoms. The molecule has 1 aromatic carbocycles. The van der Waals surface area contributed by atoms with E-state index in [4.69, 9.17) is 0 Å². The average Bonchev–Trinajstić information content (AvgIpc) is 2.35. The van der Waals surface area contributed by atoms with Crippen LogP contribution in [0.1, 0.15) is 25.3 Å². The highest BCUT2D eigenvalue weighted by Gasteiger charge is 2.24. The molecule has 1 aliphatic heterocycles. The van der Waals surface area contributed by atoms with Crippen molar-refractivity contribution in [1.29, 1.82) is 0 Å². The summed E-state index contributed by atoms with van der Waals surface area (Å²) < 4.78 is 1.02. The minimum absolute atomic E-state index is 0.0628. The van der Waals surface area contributed by atoms with E-state index in [1.54, 1.807) is 0 Å². The van der Waals surface area contributed by atoms with Gasteiger partial charge in [0.2, 0.25) is 5.91 Å². The maximum Gasteiger partial charge on any atom is 0.241 e. The fourth-order valence-electron chi connectivity index (χ4n) is 2.27. The molecule has 0 bridgehead atoms. The van der Waals surface area contributed by atoms with Gasteiger partial charge >= 0.3 is 0 Å². The van der Waals surface area contributed by atoms with Crippen molar-refractivity contribution in [1.82, 2.24) is 5.32 Å². The molecule has 2 atom stereocenters. The monoisotopic (exact) mass is 310 g/mol. The predicted molar refractivity (Wildman–Crippen MR) is 77.7 cm³/mol. The van der Waals surface area contributed by atoms with Gasteiger partial charge in [-0.25, -0.2) is 0 Å². The van der Waals surface area contributed by atoms with Crippen LogP contribution in [-0.4, -0.2) is 18.5 Å². The van der Waals surface area contributed by atoms with Crippen LogP contribution in [0.4, 0.5) is 5.69 Å². The highest BCUT2D eigenvalue weighted by atomic mass is 79.9. The van der Waals surface area contributed by atoms with Gasteiger partial charge in [-0.15, -0.1) is 0 Å². The molecule has 1 aromatic rings. The zero-order chi connectivity index (χ0) is 13.1. The van der Waals surface area contributed by atoms with Gasteiger partial charge in [0.05, 0.1) is 6.04 Å². The molecule has 18 heavy (non-hydrogen) atoms. The van der Waals surface area contributed by atoms with Gasteiger partial charge in [-0.05, 0) is 49.9 Å². The molecule has 2 rings (SSSR count). The van der Waals surface area contributed by atoms with Crippen molar-refractivity contribution in [2.45, 2.75) is 32.7 Å². The molecular weight excluding hydrogens is 292 g/mol. The Kier molecular flexibility index (Phi) is 4.40. The van der Waals surface area contributed by atoms with Crippen LogP contribution in [0, 0.1) is 12.8 Å². The van der Waals surface area contributed by atoms with E-state index in [0.717, 1.165) is 35.1 Å². The average molecular weight is 311 g/mol. The van der Waals surface area contributed by atoms with Gasteiger partial charge < -0.3 is 10.6 Å². The lowest BCUT2D eigenvalue weighted by atomic mass is 9.94. The van der Waals surface area contributed by atoms with E-state index in [2.05, 4.69) is 33.5 Å². The van der Waals surface area contributed by atoms with Crippen LogP contribution >= 0.6 is 15.9 Å². The Balaban J connectivity index is 2.04. The standard InChI is InChI=1S/C14H19BrN2O/c1-9-6-7-16-13(8-9)14(18)17-12-5-3-4-11(15)10(12)2/h3-5,9,13,16H,6-8H2,1-2H3,(H,17,18). The predicted octanol–water partition coefficient (Wildman–Crippen LogP) is 3.08. The van der Waals surface area contributed by atoms with Crippen LogP contribution in [-0.2, 0) is 4.79 Å². The number of hydrogen-bond donors (Lipinski definition) is 2. The third-order valence-corrected chi connectivity index (χ3v) is 4.37. The number of carbonyl (C=O) groups is 1. The van der Waals surface area contributed by atoms with Crippen LogP contribution in [0.25, 0.3) is 0 Å². The van der Waals surface area contributed by atoms with Gasteiger partial charge in [0, 0.05) is 10.2 Å². The van der Waals surface area contributed by atoms with Gasteiger partial charge in [0.15, 0.2) is 0 Å². The second kappa shape index (κ2) is 5.85. The first-order valence-corrected chi connectivity index (χ1v) is 7.16. The molecule has 1 fully saturated rings. The Labute approximate surface area is 116 Å². The largest absolute Gasteiger partial charge is 0.324 e. The number of hydrogen-bond acceptors (Lipinski definition) is 2. The summed E-state index contributed by atoms with van der Waals surface area (Å²) in [4.78, 5) is 12.2. The van der Waals surface area contributed by atoms with Crippen LogP contribution in [0.15, 0.2) is 22.7 Å². The molecule has 0 radical (unpaired) electrons. The van der Waals surface area contributed by atoms with E-state index in [1.165, 1.54) is 0 Å². The summed E-state index contributed by atoms with van der Waals surface area (Å²) in [6, 6.07) is 5.78. The molecule has 0 aromatic heterocycles. The van der Waals surface area contributed by atoms with Gasteiger partial charge in [-0.2, -0.15) is 0 Å². The maximum atomic E-state index is 12.2. The second-order valence-corrected chi connectivity index (χ2v) is 5.89. The Morgan fingerprint density at radius 3 is 3.00 bits per heavy atom. The molecular formula is C14H19BrN2O. The first kappa shape index (κ1) is 13.6. The van der Waals surface area contributed by atoms with Gasteiger partial charge in [0.1, 0.15) is 0 Å². The normalized spacial score (nSPS) is 23.7. The molecule has 1 saturated heterocycles. The Morgan fingerprint density at radius 1 is 1.50 bits per heavy atom. The second-order valence-electron chi connectivity index (χ2n) is 5.04. The molecule has 2 N–H and O–H groups in total. The topological polar surface area (TPSA) is 41.1 Å². The number of halogens is 1. The van der Waals surface area contributed by atoms with Crippen LogP contribution in [0.5, 0.6) is 0 Å². The lowest BCUT2D eigenvalue weighted by Gasteiger charge is -2.27. The Morgan fingerprint density at radius 2 is 2.28 bits per heavy atom. The van der Waals surface area contributed by atoms with Crippen LogP contribution in [0.2, 0.25) is 0 Å². The molecule has 0 saturated carbocycles. The van der Waals surface area contributed by atoms with Gasteiger partial charge in [-0.3, -0.25) is 4.79 Å². The quantitative estimate of drug-likeness (QED) is 0.881. The summed E-state index contributed by atoms with van der Waals surface area (Å²) in [6.07, 6.45) is 2.07. The third kappa shape index (κ3) is 3.12. The first-order chi connectivity index (χ1) is 8.58. The van der Waals surface area contributed by atoms with Gasteiger partial charge in [-0.1, -0.05) is 28.9 Å². The summed E-state index contributed by atoms with van der Waals surface area (Å²) in [6.45, 7) is 5.12. The lowest BCUT2D eigenvalue weighted by molar-refractivity contribution is -0.119. The number of carbonyl (C=O) groups excluding carboxylic acids is 1. The Hall–Kier alpha value is -0.870. The van der Waals surface area contributed by atoms with Crippen LogP contribution in [0.3, 0.4) is 0 Å². The number of nitrogens with one attached hydrogen (secondary N) is 2. The summed E-state index contributed by atoms with van der Waals surface area (Å²) in [5.41, 5.74) is 1.95. The summed E-state index contributed by atoms with van der Waals surface area (Å²) in [7, 11) is 0. The number of anilines is 1. The SMILES string of the molecule is Cc1c(Br)cccc1NC(=O)C1CC(C)CCN1. The fourth-order valence-corrected chi connectivity index (χ4v) is 2.64. The smallest absolute Gasteiger partial charge is 0.241 e. The molecule has 2 unspecified atom stereocenters. The van der Waals surface area contributed by atoms with E-state index >= 15 is 0 Å². The van der Waals surface area contributed by atoms with E-state index in [1.807, 2.05) is 25.1 Å². The molecule has 1 aliphatic rings. The number of piperidine rings is 1. The van der Waals surface area contributed by atoms with Crippen molar-refractivity contribution in [3.63, 3.8) is 0 Å². The number of amides is 1. The van der Waals surface area contributed by atoms with Crippen molar-refractivity contribution in [3.05, 3.63) is 28.2 Å². The minimum atomic E-state index is -0.0628. The molecule has 4 heteroatoms. The highest BCUT2D eigenvalue weighted by Crippen LogP contribution is 2.24. The van der Waals surface area contributed by atoms with Crippen molar-refractivity contribution >= 4 is 27.5 Å². The van der Waals surface area contributed by atoms with Crippen molar-refractivity contribution in [3.8, 4) is 0 Å². The van der Waals surface area contributed by atoms with Crippen molar-refractivity contribution in [2.75, 3.05) is 11.9 Å². The first-order valence-electron chi connectivity index (χ1n) is 6.37. The van der Waals surface area contributed by atoms with Crippen molar-refractivity contribution < 1.29 is 4.79 Å². The minimum Gasteiger partial charge on any atom is -0.324 e.